The molecule has 0 heterocycles. The lowest BCUT2D eigenvalue weighted by atomic mass is 10.1. The molecule has 1 rings (SSSR count). The molecule has 1 aromatic rings. The lowest BCUT2D eigenvalue weighted by Gasteiger charge is -2.09. The molecule has 0 radical (unpaired) electrons. The van der Waals surface area contributed by atoms with Gasteiger partial charge in [0.1, 0.15) is 0 Å². The van der Waals surface area contributed by atoms with Crippen molar-refractivity contribution in [2.45, 2.75) is 19.3 Å². The summed E-state index contributed by atoms with van der Waals surface area (Å²) in [7, 11) is 4.24. The first-order valence-corrected chi connectivity index (χ1v) is 6.18. The van der Waals surface area contributed by atoms with E-state index in [4.69, 9.17) is 0 Å². The average molecular weight is 220 g/mol. The van der Waals surface area contributed by atoms with Gasteiger partial charge in [-0.3, -0.25) is 0 Å². The summed E-state index contributed by atoms with van der Waals surface area (Å²) in [6, 6.07) is 10.7. The van der Waals surface area contributed by atoms with Crippen LogP contribution in [-0.2, 0) is 6.42 Å². The first-order chi connectivity index (χ1) is 7.79. The minimum Gasteiger partial charge on any atom is -0.317 e. The number of nitrogens with one attached hydrogen (secondary N) is 1. The van der Waals surface area contributed by atoms with E-state index in [0.717, 1.165) is 13.1 Å². The normalized spacial score (nSPS) is 10.9. The third-order valence-electron chi connectivity index (χ3n) is 2.62. The van der Waals surface area contributed by atoms with Crippen molar-refractivity contribution in [2.75, 3.05) is 33.7 Å². The summed E-state index contributed by atoms with van der Waals surface area (Å²) >= 11 is 0. The Morgan fingerprint density at radius 1 is 1.00 bits per heavy atom. The summed E-state index contributed by atoms with van der Waals surface area (Å²) in [4.78, 5) is 2.23. The fraction of sp³-hybridized carbons (Fsp3) is 0.571. The van der Waals surface area contributed by atoms with Crippen LogP contribution in [0.3, 0.4) is 0 Å². The Morgan fingerprint density at radius 2 is 1.69 bits per heavy atom. The molecule has 0 saturated carbocycles. The van der Waals surface area contributed by atoms with Crippen LogP contribution in [-0.4, -0.2) is 38.6 Å². The molecule has 1 aromatic carbocycles. The van der Waals surface area contributed by atoms with Crippen LogP contribution in [0.4, 0.5) is 0 Å². The van der Waals surface area contributed by atoms with Crippen LogP contribution in [0.25, 0.3) is 0 Å². The number of nitrogens with zero attached hydrogens (tertiary/aromatic N) is 1. The Bertz CT molecular complexity index is 257. The van der Waals surface area contributed by atoms with Gasteiger partial charge in [-0.25, -0.2) is 0 Å². The highest BCUT2D eigenvalue weighted by Gasteiger charge is 1.93. The number of hydrogen-bond donors (Lipinski definition) is 1. The minimum absolute atomic E-state index is 1.13. The molecule has 2 nitrogen and oxygen atoms in total. The highest BCUT2D eigenvalue weighted by atomic mass is 15.0. The zero-order valence-electron chi connectivity index (χ0n) is 10.6. The highest BCUT2D eigenvalue weighted by Crippen LogP contribution is 2.01. The van der Waals surface area contributed by atoms with E-state index in [0.29, 0.717) is 0 Å². The third kappa shape index (κ3) is 6.59. The largest absolute Gasteiger partial charge is 0.317 e. The summed E-state index contributed by atoms with van der Waals surface area (Å²) in [6.07, 6.45) is 3.64. The van der Waals surface area contributed by atoms with Gasteiger partial charge in [-0.1, -0.05) is 30.3 Å². The molecule has 90 valence electrons. The van der Waals surface area contributed by atoms with Crippen LogP contribution < -0.4 is 5.32 Å². The van der Waals surface area contributed by atoms with Gasteiger partial charge in [0.25, 0.3) is 0 Å². The summed E-state index contributed by atoms with van der Waals surface area (Å²) in [6.45, 7) is 3.43. The van der Waals surface area contributed by atoms with Gasteiger partial charge >= 0.3 is 0 Å². The summed E-state index contributed by atoms with van der Waals surface area (Å²) < 4.78 is 0. The molecule has 0 atom stereocenters. The van der Waals surface area contributed by atoms with E-state index in [-0.39, 0.29) is 0 Å². The lowest BCUT2D eigenvalue weighted by molar-refractivity contribution is 0.394. The molecule has 0 aromatic heterocycles. The Labute approximate surface area is 99.7 Å². The molecule has 0 spiro atoms. The molecule has 0 aliphatic carbocycles. The van der Waals surface area contributed by atoms with Gasteiger partial charge in [-0.15, -0.1) is 0 Å². The third-order valence-corrected chi connectivity index (χ3v) is 2.62. The second-order valence-corrected chi connectivity index (χ2v) is 4.50. The standard InChI is InChI=1S/C14H24N2/c1-16(2)13-7-12-15-11-6-10-14-8-4-3-5-9-14/h3-5,8-9,15H,6-7,10-13H2,1-2H3. The zero-order chi connectivity index (χ0) is 11.6. The van der Waals surface area contributed by atoms with Crippen molar-refractivity contribution in [3.63, 3.8) is 0 Å². The SMILES string of the molecule is CN(C)CCCNCCCc1ccccc1. The monoisotopic (exact) mass is 220 g/mol. The van der Waals surface area contributed by atoms with E-state index in [9.17, 15) is 0 Å². The molecule has 0 unspecified atom stereocenters. The van der Waals surface area contributed by atoms with E-state index in [1.807, 2.05) is 0 Å². The van der Waals surface area contributed by atoms with E-state index >= 15 is 0 Å². The number of benzene rings is 1. The van der Waals surface area contributed by atoms with Crippen molar-refractivity contribution < 1.29 is 0 Å². The minimum atomic E-state index is 1.13. The van der Waals surface area contributed by atoms with Gasteiger partial charge < -0.3 is 10.2 Å². The molecule has 2 heteroatoms. The highest BCUT2D eigenvalue weighted by molar-refractivity contribution is 5.14. The maximum Gasteiger partial charge on any atom is -0.00127 e. The van der Waals surface area contributed by atoms with Crippen LogP contribution >= 0.6 is 0 Å². The Hall–Kier alpha value is -0.860. The van der Waals surface area contributed by atoms with Gasteiger partial charge in [0.05, 0.1) is 0 Å². The predicted molar refractivity (Wildman–Crippen MR) is 70.8 cm³/mol. The first kappa shape index (κ1) is 13.2. The summed E-state index contributed by atoms with van der Waals surface area (Å²) in [5.41, 5.74) is 1.44. The molecule has 16 heavy (non-hydrogen) atoms. The number of hydrogen-bond acceptors (Lipinski definition) is 2. The van der Waals surface area contributed by atoms with Gasteiger partial charge in [0.2, 0.25) is 0 Å². The Kier molecular flexibility index (Phi) is 6.86. The number of aryl methyl sites for hydroxylation is 1. The second kappa shape index (κ2) is 8.31. The van der Waals surface area contributed by atoms with Crippen LogP contribution in [0.2, 0.25) is 0 Å². The topological polar surface area (TPSA) is 15.3 Å². The first-order valence-electron chi connectivity index (χ1n) is 6.18. The van der Waals surface area contributed by atoms with Crippen LogP contribution in [0.5, 0.6) is 0 Å². The predicted octanol–water partition coefficient (Wildman–Crippen LogP) is 2.16. The molecule has 0 aliphatic rings. The van der Waals surface area contributed by atoms with Crippen molar-refractivity contribution in [3.05, 3.63) is 35.9 Å². The fourth-order valence-electron chi connectivity index (χ4n) is 1.71. The lowest BCUT2D eigenvalue weighted by Crippen LogP contribution is -2.22. The zero-order valence-corrected chi connectivity index (χ0v) is 10.6. The van der Waals surface area contributed by atoms with Gasteiger partial charge in [-0.2, -0.15) is 0 Å². The van der Waals surface area contributed by atoms with E-state index in [2.05, 4.69) is 54.6 Å². The van der Waals surface area contributed by atoms with Crippen molar-refractivity contribution in [3.8, 4) is 0 Å². The van der Waals surface area contributed by atoms with Crippen molar-refractivity contribution in [1.29, 1.82) is 0 Å². The maximum absolute atomic E-state index is 3.48. The van der Waals surface area contributed by atoms with Gasteiger partial charge in [0, 0.05) is 0 Å². The average Bonchev–Trinajstić information content (AvgIpc) is 2.29. The molecule has 0 aliphatic heterocycles. The second-order valence-electron chi connectivity index (χ2n) is 4.50. The van der Waals surface area contributed by atoms with Gasteiger partial charge in [-0.05, 0) is 58.6 Å². The molecule has 0 bridgehead atoms. The van der Waals surface area contributed by atoms with Crippen LogP contribution in [0.15, 0.2) is 30.3 Å². The van der Waals surface area contributed by atoms with E-state index < -0.39 is 0 Å². The van der Waals surface area contributed by atoms with Crippen molar-refractivity contribution in [2.24, 2.45) is 0 Å². The van der Waals surface area contributed by atoms with Crippen LogP contribution in [0.1, 0.15) is 18.4 Å². The summed E-state index contributed by atoms with van der Waals surface area (Å²) in [5, 5.41) is 3.48. The van der Waals surface area contributed by atoms with Crippen LogP contribution in [0, 0.1) is 0 Å². The smallest absolute Gasteiger partial charge is 0.00127 e. The molecule has 1 N–H and O–H groups in total. The fourth-order valence-corrected chi connectivity index (χ4v) is 1.71. The molecule has 0 amide bonds. The van der Waals surface area contributed by atoms with E-state index in [1.165, 1.54) is 31.4 Å². The maximum atomic E-state index is 3.48. The van der Waals surface area contributed by atoms with Crippen molar-refractivity contribution in [1.82, 2.24) is 10.2 Å². The molecule has 0 saturated heterocycles. The quantitative estimate of drug-likeness (QED) is 0.675. The van der Waals surface area contributed by atoms with Crippen molar-refractivity contribution >= 4 is 0 Å². The van der Waals surface area contributed by atoms with Gasteiger partial charge in [0.15, 0.2) is 0 Å². The Balaban J connectivity index is 1.93. The Morgan fingerprint density at radius 3 is 2.38 bits per heavy atom. The number of rotatable bonds is 8. The molecule has 0 fully saturated rings. The molecular weight excluding hydrogens is 196 g/mol. The molecular formula is C14H24N2. The summed E-state index contributed by atoms with van der Waals surface area (Å²) in [5.74, 6) is 0. The van der Waals surface area contributed by atoms with E-state index in [1.54, 1.807) is 0 Å².